The van der Waals surface area contributed by atoms with Crippen LogP contribution in [-0.2, 0) is 4.74 Å². The Kier molecular flexibility index (Phi) is 6.18. The number of carbonyl (C=O) groups is 1. The van der Waals surface area contributed by atoms with Gasteiger partial charge in [0.15, 0.2) is 0 Å². The first-order chi connectivity index (χ1) is 8.72. The topological polar surface area (TPSA) is 70.0 Å². The molecule has 0 amide bonds. The zero-order chi connectivity index (χ0) is 13.4. The molecule has 1 aromatic carbocycles. The average molecular weight is 253 g/mol. The van der Waals surface area contributed by atoms with Crippen LogP contribution in [0.4, 0.5) is 5.69 Å². The first kappa shape index (κ1) is 14.5. The van der Waals surface area contributed by atoms with E-state index in [-0.39, 0.29) is 19.2 Å². The highest BCUT2D eigenvalue weighted by Gasteiger charge is 2.10. The Labute approximate surface area is 107 Å². The standard InChI is InChI=1S/C13H19NO4/c1-2-18-13(17)11-4-3-5-12(10-11)14(6-8-15)7-9-16/h3-5,10,15-16H,2,6-9H2,1H3. The van der Waals surface area contributed by atoms with Gasteiger partial charge in [-0.1, -0.05) is 6.07 Å². The minimum Gasteiger partial charge on any atom is -0.462 e. The van der Waals surface area contributed by atoms with Crippen molar-refractivity contribution >= 4 is 11.7 Å². The molecule has 0 bridgehead atoms. The van der Waals surface area contributed by atoms with E-state index in [0.29, 0.717) is 25.3 Å². The molecular weight excluding hydrogens is 234 g/mol. The first-order valence-electron chi connectivity index (χ1n) is 5.96. The Morgan fingerprint density at radius 1 is 1.28 bits per heavy atom. The number of nitrogens with zero attached hydrogens (tertiary/aromatic N) is 1. The molecule has 2 N–H and O–H groups in total. The lowest BCUT2D eigenvalue weighted by atomic mass is 10.2. The summed E-state index contributed by atoms with van der Waals surface area (Å²) >= 11 is 0. The van der Waals surface area contributed by atoms with Crippen LogP contribution in [0.25, 0.3) is 0 Å². The summed E-state index contributed by atoms with van der Waals surface area (Å²) in [6.07, 6.45) is 0. The molecule has 5 heteroatoms. The van der Waals surface area contributed by atoms with E-state index in [1.807, 2.05) is 11.0 Å². The average Bonchev–Trinajstić information content (AvgIpc) is 2.39. The first-order valence-corrected chi connectivity index (χ1v) is 5.96. The second-order valence-corrected chi connectivity index (χ2v) is 3.71. The molecule has 0 aliphatic heterocycles. The van der Waals surface area contributed by atoms with Gasteiger partial charge in [-0.25, -0.2) is 4.79 Å². The van der Waals surface area contributed by atoms with Crippen molar-refractivity contribution in [2.75, 3.05) is 37.8 Å². The van der Waals surface area contributed by atoms with Crippen LogP contribution in [0, 0.1) is 0 Å². The molecule has 100 valence electrons. The van der Waals surface area contributed by atoms with Crippen LogP contribution in [0.1, 0.15) is 17.3 Å². The predicted molar refractivity (Wildman–Crippen MR) is 68.8 cm³/mol. The van der Waals surface area contributed by atoms with Crippen LogP contribution in [0.5, 0.6) is 0 Å². The summed E-state index contributed by atoms with van der Waals surface area (Å²) in [5.74, 6) is -0.368. The molecule has 1 aromatic rings. The van der Waals surface area contributed by atoms with Crippen LogP contribution in [0.15, 0.2) is 24.3 Å². The second kappa shape index (κ2) is 7.68. The van der Waals surface area contributed by atoms with Crippen LogP contribution < -0.4 is 4.90 Å². The molecule has 1 rings (SSSR count). The fraction of sp³-hybridized carbons (Fsp3) is 0.462. The van der Waals surface area contributed by atoms with Crippen molar-refractivity contribution in [2.45, 2.75) is 6.92 Å². The number of ether oxygens (including phenoxy) is 1. The van der Waals surface area contributed by atoms with Gasteiger partial charge in [0, 0.05) is 18.8 Å². The Morgan fingerprint density at radius 3 is 2.50 bits per heavy atom. The molecule has 0 atom stereocenters. The largest absolute Gasteiger partial charge is 0.462 e. The van der Waals surface area contributed by atoms with Crippen molar-refractivity contribution in [3.8, 4) is 0 Å². The summed E-state index contributed by atoms with van der Waals surface area (Å²) in [6.45, 7) is 2.89. The van der Waals surface area contributed by atoms with Gasteiger partial charge >= 0.3 is 5.97 Å². The van der Waals surface area contributed by atoms with E-state index in [0.717, 1.165) is 5.69 Å². The van der Waals surface area contributed by atoms with Gasteiger partial charge in [-0.2, -0.15) is 0 Å². The lowest BCUT2D eigenvalue weighted by Crippen LogP contribution is -2.29. The van der Waals surface area contributed by atoms with Crippen molar-refractivity contribution in [1.29, 1.82) is 0 Å². The molecule has 0 aliphatic carbocycles. The van der Waals surface area contributed by atoms with E-state index in [1.54, 1.807) is 25.1 Å². The summed E-state index contributed by atoms with van der Waals surface area (Å²) in [6, 6.07) is 6.96. The van der Waals surface area contributed by atoms with Gasteiger partial charge in [0.1, 0.15) is 0 Å². The number of anilines is 1. The molecule has 0 saturated carbocycles. The molecular formula is C13H19NO4. The summed E-state index contributed by atoms with van der Waals surface area (Å²) in [5.41, 5.74) is 1.25. The Hall–Kier alpha value is -1.59. The van der Waals surface area contributed by atoms with Gasteiger partial charge < -0.3 is 19.8 Å². The third kappa shape index (κ3) is 4.01. The van der Waals surface area contributed by atoms with Gasteiger partial charge in [-0.15, -0.1) is 0 Å². The van der Waals surface area contributed by atoms with E-state index in [4.69, 9.17) is 14.9 Å². The van der Waals surface area contributed by atoms with Gasteiger partial charge in [-0.3, -0.25) is 0 Å². The monoisotopic (exact) mass is 253 g/mol. The van der Waals surface area contributed by atoms with Gasteiger partial charge in [0.25, 0.3) is 0 Å². The number of aliphatic hydroxyl groups excluding tert-OH is 2. The highest BCUT2D eigenvalue weighted by molar-refractivity contribution is 5.90. The van der Waals surface area contributed by atoms with Crippen molar-refractivity contribution in [1.82, 2.24) is 0 Å². The molecule has 0 fully saturated rings. The highest BCUT2D eigenvalue weighted by Crippen LogP contribution is 2.16. The zero-order valence-corrected chi connectivity index (χ0v) is 10.5. The van der Waals surface area contributed by atoms with Crippen LogP contribution in [-0.4, -0.2) is 49.1 Å². The van der Waals surface area contributed by atoms with Crippen LogP contribution in [0.3, 0.4) is 0 Å². The SMILES string of the molecule is CCOC(=O)c1cccc(N(CCO)CCO)c1. The fourth-order valence-electron chi connectivity index (χ4n) is 1.66. The number of rotatable bonds is 7. The number of hydrogen-bond acceptors (Lipinski definition) is 5. The maximum Gasteiger partial charge on any atom is 0.338 e. The van der Waals surface area contributed by atoms with E-state index in [1.165, 1.54) is 0 Å². The number of carbonyl (C=O) groups excluding carboxylic acids is 1. The summed E-state index contributed by atoms with van der Waals surface area (Å²) in [7, 11) is 0. The third-order valence-electron chi connectivity index (χ3n) is 2.46. The summed E-state index contributed by atoms with van der Waals surface area (Å²) < 4.78 is 4.93. The van der Waals surface area contributed by atoms with Crippen LogP contribution >= 0.6 is 0 Å². The normalized spacial score (nSPS) is 10.2. The van der Waals surface area contributed by atoms with Crippen molar-refractivity contribution in [3.63, 3.8) is 0 Å². The molecule has 0 aliphatic rings. The van der Waals surface area contributed by atoms with E-state index in [9.17, 15) is 4.79 Å². The lowest BCUT2D eigenvalue weighted by molar-refractivity contribution is 0.0526. The van der Waals surface area contributed by atoms with Gasteiger partial charge in [0.05, 0.1) is 25.4 Å². The Morgan fingerprint density at radius 2 is 1.94 bits per heavy atom. The molecule has 0 heterocycles. The number of benzene rings is 1. The number of esters is 1. The maximum absolute atomic E-state index is 11.6. The zero-order valence-electron chi connectivity index (χ0n) is 10.5. The Bertz CT molecular complexity index is 375. The minimum atomic E-state index is -0.368. The van der Waals surface area contributed by atoms with Crippen molar-refractivity contribution in [2.24, 2.45) is 0 Å². The third-order valence-corrected chi connectivity index (χ3v) is 2.46. The minimum absolute atomic E-state index is 0.0103. The molecule has 0 radical (unpaired) electrons. The van der Waals surface area contributed by atoms with Gasteiger partial charge in [-0.05, 0) is 25.1 Å². The maximum atomic E-state index is 11.6. The lowest BCUT2D eigenvalue weighted by Gasteiger charge is -2.23. The van der Waals surface area contributed by atoms with Gasteiger partial charge in [0.2, 0.25) is 0 Å². The summed E-state index contributed by atoms with van der Waals surface area (Å²) in [4.78, 5) is 13.4. The smallest absolute Gasteiger partial charge is 0.338 e. The quantitative estimate of drug-likeness (QED) is 0.698. The van der Waals surface area contributed by atoms with E-state index < -0.39 is 0 Å². The molecule has 18 heavy (non-hydrogen) atoms. The van der Waals surface area contributed by atoms with Crippen molar-refractivity contribution < 1.29 is 19.7 Å². The molecule has 0 saturated heterocycles. The molecule has 0 aromatic heterocycles. The fourth-order valence-corrected chi connectivity index (χ4v) is 1.66. The second-order valence-electron chi connectivity index (χ2n) is 3.71. The predicted octanol–water partition coefficient (Wildman–Crippen LogP) is 0.654. The molecule has 0 spiro atoms. The summed E-state index contributed by atoms with van der Waals surface area (Å²) in [5, 5.41) is 17.9. The van der Waals surface area contributed by atoms with Crippen molar-refractivity contribution in [3.05, 3.63) is 29.8 Å². The Balaban J connectivity index is 2.87. The van der Waals surface area contributed by atoms with E-state index >= 15 is 0 Å². The van der Waals surface area contributed by atoms with E-state index in [2.05, 4.69) is 0 Å². The highest BCUT2D eigenvalue weighted by atomic mass is 16.5. The number of aliphatic hydroxyl groups is 2. The molecule has 0 unspecified atom stereocenters. The molecule has 5 nitrogen and oxygen atoms in total. The number of hydrogen-bond donors (Lipinski definition) is 2. The van der Waals surface area contributed by atoms with Crippen LogP contribution in [0.2, 0.25) is 0 Å².